The van der Waals surface area contributed by atoms with E-state index < -0.39 is 79.1 Å². The normalized spacial score (nSPS) is 19.8. The molecule has 3 fully saturated rings. The number of rotatable bonds is 13. The van der Waals surface area contributed by atoms with Gasteiger partial charge in [-0.15, -0.1) is 11.3 Å². The first-order valence-corrected chi connectivity index (χ1v) is 24.0. The quantitative estimate of drug-likeness (QED) is 0.111. The maximum absolute atomic E-state index is 16.4. The minimum atomic E-state index is -5.63. The average molecular weight is 962 g/mol. The van der Waals surface area contributed by atoms with Crippen molar-refractivity contribution < 1.29 is 65.4 Å². The zero-order valence-corrected chi connectivity index (χ0v) is 40.1. The van der Waals surface area contributed by atoms with E-state index in [1.165, 1.54) is 70.4 Å². The Morgan fingerprint density at radius 3 is 2.05 bits per heavy atom. The molecule has 0 bridgehead atoms. The first-order chi connectivity index (χ1) is 30.9. The predicted molar refractivity (Wildman–Crippen MR) is 241 cm³/mol. The molecular formula is C45H58F2N5O12PS. The summed E-state index contributed by atoms with van der Waals surface area (Å²) in [5, 5.41) is 2.89. The number of ether oxygens (including phenoxy) is 3. The summed E-state index contributed by atoms with van der Waals surface area (Å²) < 4.78 is 72.4. The number of nitrogens with one attached hydrogen (secondary N) is 1. The minimum absolute atomic E-state index is 0.0272. The number of halogens is 2. The van der Waals surface area contributed by atoms with Crippen LogP contribution in [-0.4, -0.2) is 124 Å². The highest BCUT2D eigenvalue weighted by atomic mass is 32.1. The molecule has 2 aromatic carbocycles. The third-order valence-corrected chi connectivity index (χ3v) is 14.6. The number of thiophene rings is 1. The number of alkyl halides is 2. The fraction of sp³-hybridized carbons (Fsp3) is 0.556. The summed E-state index contributed by atoms with van der Waals surface area (Å²) in [7, 11) is -3.97. The van der Waals surface area contributed by atoms with Crippen LogP contribution in [0.25, 0.3) is 10.1 Å². The van der Waals surface area contributed by atoms with E-state index in [0.29, 0.717) is 42.9 Å². The molecule has 0 aliphatic carbocycles. The lowest BCUT2D eigenvalue weighted by atomic mass is 9.98. The number of amides is 4. The molecule has 21 heteroatoms. The number of nitrogens with zero attached hydrogens (tertiary/aromatic N) is 4. The van der Waals surface area contributed by atoms with Gasteiger partial charge in [-0.3, -0.25) is 42.4 Å². The lowest BCUT2D eigenvalue weighted by molar-refractivity contribution is -0.163. The summed E-state index contributed by atoms with van der Waals surface area (Å²) in [5.41, 5.74) is -5.71. The molecule has 66 heavy (non-hydrogen) atoms. The Bertz CT molecular complexity index is 2330. The number of benzene rings is 2. The van der Waals surface area contributed by atoms with Crippen molar-refractivity contribution in [3.8, 4) is 0 Å². The standard InChI is InChI=1S/C45H58F2N5O12PS/c1-28(53)51-18-17-33-14-15-35(40(56)49(8)31-10-12-32(13-11-31)50-19-21-60-22-20-50)52(33)39(55)34(25-51)48-38(54)37-24-29-23-30(9-16-36(29)66-37)45(46,47)65(59,63-26-61-41(57)43(2,3)4)64-27-62-42(58)44(5,6)7/h9-13,16,23-24,33-35H,14-15,17-22,25-27H2,1-8H3,(H,48,54)/t33-,34?,35+/m1/s1. The molecule has 3 aromatic rings. The van der Waals surface area contributed by atoms with Crippen LogP contribution in [0.3, 0.4) is 0 Å². The average Bonchev–Trinajstić information content (AvgIpc) is 3.90. The van der Waals surface area contributed by atoms with E-state index in [4.69, 9.17) is 23.3 Å². The Morgan fingerprint density at radius 2 is 1.47 bits per heavy atom. The van der Waals surface area contributed by atoms with Gasteiger partial charge in [0.2, 0.25) is 31.3 Å². The summed E-state index contributed by atoms with van der Waals surface area (Å²) in [5.74, 6) is -3.54. The topological polar surface area (TPSA) is 191 Å². The van der Waals surface area contributed by atoms with Crippen molar-refractivity contribution in [2.45, 2.75) is 91.5 Å². The molecule has 360 valence electrons. The second-order valence-corrected chi connectivity index (χ2v) is 21.7. The lowest BCUT2D eigenvalue weighted by Gasteiger charge is -2.39. The predicted octanol–water partition coefficient (Wildman–Crippen LogP) is 6.48. The molecule has 0 saturated carbocycles. The van der Waals surface area contributed by atoms with Crippen LogP contribution in [0.1, 0.15) is 83.0 Å². The van der Waals surface area contributed by atoms with Crippen molar-refractivity contribution in [2.24, 2.45) is 10.8 Å². The third-order valence-electron chi connectivity index (χ3n) is 11.7. The van der Waals surface area contributed by atoms with E-state index in [-0.39, 0.29) is 41.2 Å². The fourth-order valence-corrected chi connectivity index (χ4v) is 9.91. The van der Waals surface area contributed by atoms with Crippen LogP contribution in [0.4, 0.5) is 20.2 Å². The maximum Gasteiger partial charge on any atom is 0.410 e. The van der Waals surface area contributed by atoms with E-state index in [2.05, 4.69) is 10.2 Å². The van der Waals surface area contributed by atoms with Gasteiger partial charge in [0.25, 0.3) is 5.91 Å². The second kappa shape index (κ2) is 20.1. The number of morpholine rings is 1. The van der Waals surface area contributed by atoms with Crippen LogP contribution < -0.4 is 15.1 Å². The Morgan fingerprint density at radius 1 is 0.864 bits per heavy atom. The number of fused-ring (bicyclic) bond motifs is 2. The van der Waals surface area contributed by atoms with Crippen LogP contribution in [0.2, 0.25) is 0 Å². The van der Waals surface area contributed by atoms with Crippen LogP contribution in [0.5, 0.6) is 0 Å². The van der Waals surface area contributed by atoms with Gasteiger partial charge in [-0.05, 0) is 109 Å². The highest BCUT2D eigenvalue weighted by molar-refractivity contribution is 7.54. The van der Waals surface area contributed by atoms with E-state index >= 15 is 8.78 Å². The number of esters is 2. The fourth-order valence-electron chi connectivity index (χ4n) is 7.73. The van der Waals surface area contributed by atoms with Crippen molar-refractivity contribution >= 4 is 76.0 Å². The summed E-state index contributed by atoms with van der Waals surface area (Å²) in [4.78, 5) is 86.9. The molecule has 3 atom stereocenters. The van der Waals surface area contributed by atoms with Crippen LogP contribution >= 0.6 is 18.9 Å². The van der Waals surface area contributed by atoms with Gasteiger partial charge in [-0.2, -0.15) is 8.78 Å². The first kappa shape index (κ1) is 50.4. The Balaban J connectivity index is 1.21. The first-order valence-electron chi connectivity index (χ1n) is 21.7. The van der Waals surface area contributed by atoms with Gasteiger partial charge in [0.1, 0.15) is 12.1 Å². The Kier molecular flexibility index (Phi) is 15.3. The summed E-state index contributed by atoms with van der Waals surface area (Å²) in [6, 6.07) is 9.66. The molecule has 0 spiro atoms. The van der Waals surface area contributed by atoms with Gasteiger partial charge in [0, 0.05) is 67.8 Å². The number of hydrogen-bond donors (Lipinski definition) is 1. The highest BCUT2D eigenvalue weighted by Gasteiger charge is 2.56. The van der Waals surface area contributed by atoms with Gasteiger partial charge in [-0.25, -0.2) is 0 Å². The zero-order chi connectivity index (χ0) is 48.4. The number of hydrogen-bond acceptors (Lipinski definition) is 14. The van der Waals surface area contributed by atoms with Crippen LogP contribution in [0.15, 0.2) is 48.5 Å². The molecule has 3 saturated heterocycles. The maximum atomic E-state index is 16.4. The largest absolute Gasteiger partial charge is 0.438 e. The van der Waals surface area contributed by atoms with Gasteiger partial charge in [0.15, 0.2) is 0 Å². The SMILES string of the molecule is CC(=O)N1CC[C@H]2CC[C@@H](C(=O)N(C)c3ccc(N4CCOCC4)cc3)N2C(=O)C(NC(=O)c2cc3cc(C(F)(F)P(=O)(OCOC(=O)C(C)(C)C)OCOC(=O)C(C)(C)C)ccc3s2)C1. The van der Waals surface area contributed by atoms with E-state index in [1.807, 2.05) is 24.3 Å². The van der Waals surface area contributed by atoms with Gasteiger partial charge in [-0.1, -0.05) is 6.07 Å². The van der Waals surface area contributed by atoms with Crippen molar-refractivity contribution in [1.29, 1.82) is 0 Å². The molecule has 3 aliphatic heterocycles. The molecule has 6 rings (SSSR count). The molecule has 1 unspecified atom stereocenters. The number of likely N-dealkylation sites (N-methyl/N-ethyl adjacent to an activating group) is 1. The van der Waals surface area contributed by atoms with E-state index in [1.54, 1.807) is 11.9 Å². The smallest absolute Gasteiger partial charge is 0.410 e. The molecule has 3 aliphatic rings. The van der Waals surface area contributed by atoms with Crippen molar-refractivity contribution in [2.75, 3.05) is 69.8 Å². The molecule has 1 N–H and O–H groups in total. The summed E-state index contributed by atoms with van der Waals surface area (Å²) >= 11 is 0.935. The van der Waals surface area contributed by atoms with Gasteiger partial charge < -0.3 is 39.1 Å². The summed E-state index contributed by atoms with van der Waals surface area (Å²) in [6.07, 6.45) is 1.32. The van der Waals surface area contributed by atoms with Crippen molar-refractivity contribution in [3.05, 3.63) is 59.0 Å². The molecule has 4 heterocycles. The van der Waals surface area contributed by atoms with E-state index in [0.717, 1.165) is 42.2 Å². The molecule has 17 nitrogen and oxygen atoms in total. The van der Waals surface area contributed by atoms with Crippen LogP contribution in [0, 0.1) is 10.8 Å². The minimum Gasteiger partial charge on any atom is -0.438 e. The second-order valence-electron chi connectivity index (χ2n) is 18.5. The Labute approximate surface area is 386 Å². The monoisotopic (exact) mass is 961 g/mol. The Hall–Kier alpha value is -5.01. The third kappa shape index (κ3) is 11.2. The summed E-state index contributed by atoms with van der Waals surface area (Å²) in [6.45, 7) is 11.0. The molecule has 0 radical (unpaired) electrons. The number of anilines is 2. The highest BCUT2D eigenvalue weighted by Crippen LogP contribution is 2.67. The van der Waals surface area contributed by atoms with Crippen LogP contribution in [-0.2, 0) is 57.5 Å². The zero-order valence-electron chi connectivity index (χ0n) is 38.4. The van der Waals surface area contributed by atoms with Gasteiger partial charge >= 0.3 is 25.2 Å². The molecule has 1 aromatic heterocycles. The van der Waals surface area contributed by atoms with E-state index in [9.17, 15) is 33.3 Å². The molecule has 4 amide bonds. The van der Waals surface area contributed by atoms with Crippen molar-refractivity contribution in [3.63, 3.8) is 0 Å². The number of carbonyl (C=O) groups excluding carboxylic acids is 6. The van der Waals surface area contributed by atoms with Crippen molar-refractivity contribution in [1.82, 2.24) is 15.1 Å². The number of carbonyl (C=O) groups is 6. The molecular weight excluding hydrogens is 904 g/mol. The van der Waals surface area contributed by atoms with Gasteiger partial charge in [0.05, 0.1) is 28.9 Å². The lowest BCUT2D eigenvalue weighted by Crippen LogP contribution is -2.61.